The van der Waals surface area contributed by atoms with Gasteiger partial charge in [-0.15, -0.1) is 0 Å². The third-order valence-electron chi connectivity index (χ3n) is 1.49. The molecule has 0 aromatic carbocycles. The third kappa shape index (κ3) is 43.2. The van der Waals surface area contributed by atoms with Gasteiger partial charge in [0.1, 0.15) is 0 Å². The minimum atomic E-state index is -0.789. The molecule has 0 radical (unpaired) electrons. The molecule has 0 rings (SSSR count). The second kappa shape index (κ2) is 16.6. The van der Waals surface area contributed by atoms with E-state index in [0.29, 0.717) is 6.42 Å². The van der Waals surface area contributed by atoms with Gasteiger partial charge in [0.2, 0.25) is 0 Å². The number of carboxylic acid groups (broad SMARTS) is 2. The third-order valence-corrected chi connectivity index (χ3v) is 1.85. The van der Waals surface area contributed by atoms with Crippen LogP contribution in [0.15, 0.2) is 0 Å². The van der Waals surface area contributed by atoms with Gasteiger partial charge in [-0.25, -0.2) is 0 Å². The van der Waals surface area contributed by atoms with Crippen molar-refractivity contribution in [3.63, 3.8) is 0 Å². The first kappa shape index (κ1) is 24.6. The molecule has 6 nitrogen and oxygen atoms in total. The molecule has 0 spiro atoms. The molecule has 0 amide bonds. The highest BCUT2D eigenvalue weighted by Crippen LogP contribution is 1.97. The molecule has 122 valence electrons. The molecule has 0 saturated heterocycles. The van der Waals surface area contributed by atoms with E-state index in [-0.39, 0.29) is 36.1 Å². The van der Waals surface area contributed by atoms with Gasteiger partial charge in [0.25, 0.3) is 0 Å². The lowest BCUT2D eigenvalue weighted by atomic mass is 10.3. The lowest BCUT2D eigenvalue weighted by Gasteiger charge is -1.95. The van der Waals surface area contributed by atoms with Crippen LogP contribution in [-0.2, 0) is 9.59 Å². The number of aliphatic hydroxyl groups excluding tert-OH is 2. The van der Waals surface area contributed by atoms with E-state index >= 15 is 0 Å². The van der Waals surface area contributed by atoms with Crippen molar-refractivity contribution in [2.24, 2.45) is 0 Å². The van der Waals surface area contributed by atoms with Crippen LogP contribution in [0.3, 0.4) is 0 Å². The Balaban J connectivity index is -0.000000218. The van der Waals surface area contributed by atoms with Gasteiger partial charge < -0.3 is 20.4 Å². The second-order valence-electron chi connectivity index (χ2n) is 4.26. The monoisotopic (exact) mass is 330 g/mol. The number of carbonyl (C=O) groups is 2. The molecule has 0 fully saturated rings. The van der Waals surface area contributed by atoms with Gasteiger partial charge in [0.15, 0.2) is 0 Å². The number of thiol groups is 2. The number of aliphatic carboxylic acids is 2. The summed E-state index contributed by atoms with van der Waals surface area (Å²) in [5, 5.41) is 32.5. The van der Waals surface area contributed by atoms with Crippen molar-refractivity contribution in [3.05, 3.63) is 0 Å². The summed E-state index contributed by atoms with van der Waals surface area (Å²) >= 11 is 7.71. The largest absolute Gasteiger partial charge is 0.481 e. The van der Waals surface area contributed by atoms with Crippen LogP contribution < -0.4 is 0 Å². The fraction of sp³-hybridized carbons (Fsp3) is 0.833. The molecule has 20 heavy (non-hydrogen) atoms. The minimum absolute atomic E-state index is 0.0301. The SMILES string of the molecule is CC(O)CCO.CC(S)CC(=O)O.CC(S)CC(=O)O. The Kier molecular flexibility index (Phi) is 20.4. The summed E-state index contributed by atoms with van der Waals surface area (Å²) in [6.07, 6.45) is 0.418. The van der Waals surface area contributed by atoms with Crippen molar-refractivity contribution in [2.75, 3.05) is 6.61 Å². The lowest BCUT2D eigenvalue weighted by molar-refractivity contribution is -0.137. The molecule has 0 saturated carbocycles. The number of aliphatic hydroxyl groups is 2. The molecule has 0 aromatic rings. The van der Waals surface area contributed by atoms with E-state index < -0.39 is 11.9 Å². The zero-order valence-corrected chi connectivity index (χ0v) is 13.8. The van der Waals surface area contributed by atoms with Gasteiger partial charge >= 0.3 is 11.9 Å². The van der Waals surface area contributed by atoms with Gasteiger partial charge in [0, 0.05) is 17.1 Å². The van der Waals surface area contributed by atoms with Gasteiger partial charge in [0.05, 0.1) is 18.9 Å². The van der Waals surface area contributed by atoms with Crippen LogP contribution in [0.1, 0.15) is 40.0 Å². The maximum atomic E-state index is 9.76. The summed E-state index contributed by atoms with van der Waals surface area (Å²) in [6.45, 7) is 5.22. The number of carboxylic acids is 2. The quantitative estimate of drug-likeness (QED) is 0.409. The molecule has 0 heterocycles. The van der Waals surface area contributed by atoms with E-state index in [9.17, 15) is 9.59 Å². The summed E-state index contributed by atoms with van der Waals surface area (Å²) in [5.74, 6) is -1.58. The highest BCUT2D eigenvalue weighted by atomic mass is 32.1. The standard InChI is InChI=1S/2C4H8O2S.C4H10O2/c2*1-3(7)2-4(5)6;1-4(6)2-3-5/h2*3,7H,2H2,1H3,(H,5,6);4-6H,2-3H2,1H3. The van der Waals surface area contributed by atoms with Crippen LogP contribution in [0.2, 0.25) is 0 Å². The van der Waals surface area contributed by atoms with Crippen LogP contribution >= 0.6 is 25.3 Å². The van der Waals surface area contributed by atoms with Crippen LogP contribution in [0.4, 0.5) is 0 Å². The maximum Gasteiger partial charge on any atom is 0.304 e. The summed E-state index contributed by atoms with van der Waals surface area (Å²) in [6, 6.07) is 0. The van der Waals surface area contributed by atoms with Gasteiger partial charge in [-0.05, 0) is 13.3 Å². The second-order valence-corrected chi connectivity index (χ2v) is 6.02. The van der Waals surface area contributed by atoms with Crippen molar-refractivity contribution >= 4 is 37.2 Å². The fourth-order valence-electron chi connectivity index (χ4n) is 0.692. The molecule has 0 aliphatic heterocycles. The number of hydrogen-bond acceptors (Lipinski definition) is 6. The fourth-order valence-corrected chi connectivity index (χ4v) is 1.00. The first-order valence-electron chi connectivity index (χ1n) is 6.11. The van der Waals surface area contributed by atoms with E-state index in [0.717, 1.165) is 0 Å². The number of hydrogen-bond donors (Lipinski definition) is 6. The highest BCUT2D eigenvalue weighted by Gasteiger charge is 1.99. The average molecular weight is 330 g/mol. The molecule has 0 aliphatic rings. The summed E-state index contributed by atoms with van der Waals surface area (Å²) in [5.41, 5.74) is 0. The smallest absolute Gasteiger partial charge is 0.304 e. The van der Waals surface area contributed by atoms with Crippen molar-refractivity contribution in [1.29, 1.82) is 0 Å². The Morgan fingerprint density at radius 2 is 1.25 bits per heavy atom. The summed E-state index contributed by atoms with van der Waals surface area (Å²) in [4.78, 5) is 19.5. The van der Waals surface area contributed by atoms with E-state index in [1.165, 1.54) is 0 Å². The van der Waals surface area contributed by atoms with Crippen LogP contribution in [0.5, 0.6) is 0 Å². The van der Waals surface area contributed by atoms with Gasteiger partial charge in [-0.1, -0.05) is 13.8 Å². The Labute approximate surface area is 131 Å². The first-order valence-corrected chi connectivity index (χ1v) is 7.14. The maximum absolute atomic E-state index is 9.76. The van der Waals surface area contributed by atoms with Gasteiger partial charge in [-0.2, -0.15) is 25.3 Å². The molecule has 8 heteroatoms. The van der Waals surface area contributed by atoms with E-state index in [4.69, 9.17) is 20.4 Å². The van der Waals surface area contributed by atoms with E-state index in [2.05, 4.69) is 25.3 Å². The minimum Gasteiger partial charge on any atom is -0.481 e. The Morgan fingerprint density at radius 3 is 1.25 bits per heavy atom. The Morgan fingerprint density at radius 1 is 0.950 bits per heavy atom. The van der Waals surface area contributed by atoms with E-state index in [1.807, 2.05) is 0 Å². The average Bonchev–Trinajstić information content (AvgIpc) is 2.13. The highest BCUT2D eigenvalue weighted by molar-refractivity contribution is 7.81. The normalized spacial score (nSPS) is 13.8. The molecule has 3 unspecified atom stereocenters. The molecular formula is C12H26O6S2. The van der Waals surface area contributed by atoms with Crippen molar-refractivity contribution in [3.8, 4) is 0 Å². The first-order chi connectivity index (χ1) is 9.02. The van der Waals surface area contributed by atoms with E-state index in [1.54, 1.807) is 20.8 Å². The summed E-state index contributed by atoms with van der Waals surface area (Å²) < 4.78 is 0. The molecule has 4 N–H and O–H groups in total. The van der Waals surface area contributed by atoms with Crippen LogP contribution in [-0.4, -0.2) is 55.6 Å². The Bertz CT molecular complexity index is 224. The van der Waals surface area contributed by atoms with Crippen LogP contribution in [0.25, 0.3) is 0 Å². The predicted molar refractivity (Wildman–Crippen MR) is 84.8 cm³/mol. The number of rotatable bonds is 6. The predicted octanol–water partition coefficient (Wildman–Crippen LogP) is 1.31. The topological polar surface area (TPSA) is 115 Å². The van der Waals surface area contributed by atoms with Crippen LogP contribution in [0, 0.1) is 0 Å². The molecular weight excluding hydrogens is 304 g/mol. The zero-order valence-electron chi connectivity index (χ0n) is 12.1. The lowest BCUT2D eigenvalue weighted by Crippen LogP contribution is -2.01. The molecule has 0 aliphatic carbocycles. The molecule has 0 bridgehead atoms. The molecule has 0 aromatic heterocycles. The summed E-state index contributed by atoms with van der Waals surface area (Å²) in [7, 11) is 0. The van der Waals surface area contributed by atoms with Crippen molar-refractivity contribution < 1.29 is 30.0 Å². The Hall–Kier alpha value is -0.440. The molecule has 3 atom stereocenters. The van der Waals surface area contributed by atoms with Crippen molar-refractivity contribution in [1.82, 2.24) is 0 Å². The van der Waals surface area contributed by atoms with Crippen molar-refractivity contribution in [2.45, 2.75) is 56.6 Å². The zero-order chi connectivity index (χ0) is 16.7. The van der Waals surface area contributed by atoms with Gasteiger partial charge in [-0.3, -0.25) is 9.59 Å².